The molecular formula is C17H26FN3. The molecule has 3 nitrogen and oxygen atoms in total. The van der Waals surface area contributed by atoms with E-state index in [0.717, 1.165) is 30.6 Å². The summed E-state index contributed by atoms with van der Waals surface area (Å²) in [6.45, 7) is 2.26. The number of nitrogens with zero attached hydrogens (tertiary/aromatic N) is 2. The molecule has 3 rings (SSSR count). The predicted molar refractivity (Wildman–Crippen MR) is 82.3 cm³/mol. The molecule has 21 heavy (non-hydrogen) atoms. The lowest BCUT2D eigenvalue weighted by Gasteiger charge is -2.44. The summed E-state index contributed by atoms with van der Waals surface area (Å²) in [5.74, 6) is 0.611. The summed E-state index contributed by atoms with van der Waals surface area (Å²) in [6.07, 6.45) is 10.5. The Hall–Kier alpha value is -1.00. The predicted octanol–water partition coefficient (Wildman–Crippen LogP) is 3.27. The highest BCUT2D eigenvalue weighted by atomic mass is 19.1. The van der Waals surface area contributed by atoms with Gasteiger partial charge in [-0.2, -0.15) is 0 Å². The van der Waals surface area contributed by atoms with E-state index in [0.29, 0.717) is 0 Å². The molecule has 3 unspecified atom stereocenters. The van der Waals surface area contributed by atoms with Crippen molar-refractivity contribution in [1.29, 1.82) is 0 Å². The number of fused-ring (bicyclic) bond motifs is 1. The number of halogens is 1. The van der Waals surface area contributed by atoms with Crippen LogP contribution in [0.1, 0.15) is 56.7 Å². The van der Waals surface area contributed by atoms with Gasteiger partial charge < -0.3 is 10.6 Å². The van der Waals surface area contributed by atoms with E-state index in [1.165, 1.54) is 57.3 Å². The van der Waals surface area contributed by atoms with Crippen LogP contribution in [0.3, 0.4) is 0 Å². The fraction of sp³-hybridized carbons (Fsp3) is 0.706. The van der Waals surface area contributed by atoms with Gasteiger partial charge in [-0.15, -0.1) is 0 Å². The van der Waals surface area contributed by atoms with Gasteiger partial charge in [-0.25, -0.2) is 4.39 Å². The maximum Gasteiger partial charge on any atom is 0.141 e. The van der Waals surface area contributed by atoms with Crippen LogP contribution in [0.4, 0.5) is 4.39 Å². The summed E-state index contributed by atoms with van der Waals surface area (Å²) in [6, 6.07) is 3.84. The average molecular weight is 291 g/mol. The Morgan fingerprint density at radius 1 is 1.24 bits per heavy atom. The zero-order chi connectivity index (χ0) is 14.7. The van der Waals surface area contributed by atoms with Crippen molar-refractivity contribution >= 4 is 0 Å². The molecule has 4 heteroatoms. The molecule has 1 saturated carbocycles. The van der Waals surface area contributed by atoms with Crippen LogP contribution in [-0.4, -0.2) is 29.0 Å². The fourth-order valence-corrected chi connectivity index (χ4v) is 4.06. The summed E-state index contributed by atoms with van der Waals surface area (Å²) in [5.41, 5.74) is 7.02. The van der Waals surface area contributed by atoms with Gasteiger partial charge in [-0.05, 0) is 56.7 Å². The number of rotatable bonds is 4. The highest BCUT2D eigenvalue weighted by Gasteiger charge is 2.32. The van der Waals surface area contributed by atoms with Gasteiger partial charge in [-0.1, -0.05) is 12.8 Å². The number of aromatic nitrogens is 1. The van der Waals surface area contributed by atoms with Gasteiger partial charge in [-0.3, -0.25) is 4.98 Å². The minimum absolute atomic E-state index is 0.0884. The lowest BCUT2D eigenvalue weighted by Crippen LogP contribution is -2.47. The Balaban J connectivity index is 1.55. The Kier molecular flexibility index (Phi) is 4.86. The summed E-state index contributed by atoms with van der Waals surface area (Å²) in [4.78, 5) is 6.75. The normalized spacial score (nSPS) is 28.1. The molecule has 3 atom stereocenters. The average Bonchev–Trinajstić information content (AvgIpc) is 2.53. The molecule has 1 aromatic rings. The molecule has 1 aromatic heterocycles. The van der Waals surface area contributed by atoms with E-state index in [2.05, 4.69) is 9.88 Å². The van der Waals surface area contributed by atoms with E-state index in [-0.39, 0.29) is 11.9 Å². The van der Waals surface area contributed by atoms with Gasteiger partial charge in [0.25, 0.3) is 0 Å². The van der Waals surface area contributed by atoms with E-state index in [1.807, 2.05) is 0 Å². The van der Waals surface area contributed by atoms with Gasteiger partial charge in [0, 0.05) is 18.6 Å². The number of hydrogen-bond donors (Lipinski definition) is 1. The van der Waals surface area contributed by atoms with Crippen LogP contribution in [0.5, 0.6) is 0 Å². The van der Waals surface area contributed by atoms with Crippen LogP contribution < -0.4 is 5.73 Å². The van der Waals surface area contributed by atoms with Crippen molar-refractivity contribution in [3.63, 3.8) is 0 Å². The van der Waals surface area contributed by atoms with Gasteiger partial charge in [0.1, 0.15) is 5.82 Å². The second kappa shape index (κ2) is 6.84. The number of hydrogen-bond acceptors (Lipinski definition) is 3. The van der Waals surface area contributed by atoms with Crippen molar-refractivity contribution in [3.05, 3.63) is 29.8 Å². The zero-order valence-electron chi connectivity index (χ0n) is 12.7. The summed E-state index contributed by atoms with van der Waals surface area (Å²) >= 11 is 0. The zero-order valence-corrected chi connectivity index (χ0v) is 12.7. The van der Waals surface area contributed by atoms with E-state index in [1.54, 1.807) is 6.07 Å². The summed E-state index contributed by atoms with van der Waals surface area (Å²) < 4.78 is 12.9. The maximum atomic E-state index is 12.9. The lowest BCUT2D eigenvalue weighted by molar-refractivity contribution is 0.0585. The highest BCUT2D eigenvalue weighted by molar-refractivity contribution is 5.09. The van der Waals surface area contributed by atoms with Crippen molar-refractivity contribution in [3.8, 4) is 0 Å². The second-order valence-electron chi connectivity index (χ2n) is 6.59. The van der Waals surface area contributed by atoms with Crippen molar-refractivity contribution in [2.24, 2.45) is 11.7 Å². The van der Waals surface area contributed by atoms with Crippen LogP contribution in [0, 0.1) is 11.7 Å². The molecule has 0 spiro atoms. The number of likely N-dealkylation sites (tertiary alicyclic amines) is 1. The smallest absolute Gasteiger partial charge is 0.141 e. The topological polar surface area (TPSA) is 42.1 Å². The quantitative estimate of drug-likeness (QED) is 0.926. The lowest BCUT2D eigenvalue weighted by atomic mass is 9.78. The molecule has 0 radical (unpaired) electrons. The van der Waals surface area contributed by atoms with Gasteiger partial charge in [0.05, 0.1) is 11.9 Å². The molecule has 2 heterocycles. The third-order valence-electron chi connectivity index (χ3n) is 5.22. The summed E-state index contributed by atoms with van der Waals surface area (Å²) in [7, 11) is 0. The molecule has 116 valence electrons. The molecule has 2 N–H and O–H groups in total. The number of piperidine rings is 1. The molecule has 0 amide bonds. The minimum atomic E-state index is -0.299. The first-order valence-corrected chi connectivity index (χ1v) is 8.35. The van der Waals surface area contributed by atoms with Gasteiger partial charge in [0.15, 0.2) is 0 Å². The SMILES string of the molecule is NC(CCN1CCCC2CCCCC21)c1ccc(F)cn1. The molecule has 1 aliphatic carbocycles. The van der Waals surface area contributed by atoms with E-state index < -0.39 is 0 Å². The molecule has 1 saturated heterocycles. The van der Waals surface area contributed by atoms with Gasteiger partial charge in [0.2, 0.25) is 0 Å². The van der Waals surface area contributed by atoms with E-state index in [9.17, 15) is 4.39 Å². The molecule has 1 aliphatic heterocycles. The monoisotopic (exact) mass is 291 g/mol. The van der Waals surface area contributed by atoms with Gasteiger partial charge >= 0.3 is 0 Å². The first-order chi connectivity index (χ1) is 10.2. The standard InChI is InChI=1S/C17H26FN3/c18-14-7-8-16(20-12-14)15(19)9-11-21-10-3-5-13-4-1-2-6-17(13)21/h7-8,12-13,15,17H,1-6,9-11,19H2. The minimum Gasteiger partial charge on any atom is -0.323 e. The van der Waals surface area contributed by atoms with E-state index in [4.69, 9.17) is 5.73 Å². The largest absolute Gasteiger partial charge is 0.323 e. The van der Waals surface area contributed by atoms with Crippen LogP contribution >= 0.6 is 0 Å². The van der Waals surface area contributed by atoms with Crippen molar-refractivity contribution in [1.82, 2.24) is 9.88 Å². The first-order valence-electron chi connectivity index (χ1n) is 8.35. The summed E-state index contributed by atoms with van der Waals surface area (Å²) in [5, 5.41) is 0. The third kappa shape index (κ3) is 3.61. The number of pyridine rings is 1. The fourth-order valence-electron chi connectivity index (χ4n) is 4.06. The second-order valence-corrected chi connectivity index (χ2v) is 6.59. The molecular weight excluding hydrogens is 265 g/mol. The Labute approximate surface area is 126 Å². The first kappa shape index (κ1) is 14.9. The van der Waals surface area contributed by atoms with Crippen LogP contribution in [-0.2, 0) is 0 Å². The van der Waals surface area contributed by atoms with Crippen molar-refractivity contribution in [2.45, 2.75) is 57.0 Å². The van der Waals surface area contributed by atoms with Crippen LogP contribution in [0.15, 0.2) is 18.3 Å². The van der Waals surface area contributed by atoms with Crippen LogP contribution in [0.2, 0.25) is 0 Å². The molecule has 0 bridgehead atoms. The van der Waals surface area contributed by atoms with Crippen LogP contribution in [0.25, 0.3) is 0 Å². The van der Waals surface area contributed by atoms with E-state index >= 15 is 0 Å². The Morgan fingerprint density at radius 3 is 2.86 bits per heavy atom. The molecule has 0 aromatic carbocycles. The Morgan fingerprint density at radius 2 is 2.05 bits per heavy atom. The number of nitrogens with two attached hydrogens (primary N) is 1. The molecule has 2 fully saturated rings. The highest BCUT2D eigenvalue weighted by Crippen LogP contribution is 2.35. The third-order valence-corrected chi connectivity index (χ3v) is 5.22. The maximum absolute atomic E-state index is 12.9. The van der Waals surface area contributed by atoms with Crippen molar-refractivity contribution in [2.75, 3.05) is 13.1 Å². The molecule has 2 aliphatic rings. The van der Waals surface area contributed by atoms with Crippen molar-refractivity contribution < 1.29 is 4.39 Å². The Bertz CT molecular complexity index is 446.